The fourth-order valence-electron chi connectivity index (χ4n) is 5.21. The number of carbonyl (C=O) groups is 1. The number of carbonyl (C=O) groups excluding carboxylic acids is 1. The lowest BCUT2D eigenvalue weighted by Crippen LogP contribution is -2.27. The van der Waals surface area contributed by atoms with Crippen LogP contribution in [-0.2, 0) is 16.0 Å². The molecule has 4 aromatic rings. The molecule has 3 heterocycles. The number of halogens is 2. The van der Waals surface area contributed by atoms with Crippen molar-refractivity contribution < 1.29 is 9.53 Å². The third-order valence-corrected chi connectivity index (χ3v) is 7.64. The van der Waals surface area contributed by atoms with Crippen molar-refractivity contribution in [2.24, 2.45) is 11.6 Å². The average molecular weight is 640 g/mol. The van der Waals surface area contributed by atoms with Crippen LogP contribution in [0.15, 0.2) is 71.1 Å². The summed E-state index contributed by atoms with van der Waals surface area (Å²) in [6, 6.07) is 12.7. The van der Waals surface area contributed by atoms with E-state index in [-0.39, 0.29) is 16.8 Å². The van der Waals surface area contributed by atoms with Crippen molar-refractivity contribution in [3.05, 3.63) is 93.1 Å². The van der Waals surface area contributed by atoms with E-state index in [1.807, 2.05) is 13.2 Å². The Hall–Kier alpha value is -4.32. The van der Waals surface area contributed by atoms with Gasteiger partial charge in [0.15, 0.2) is 0 Å². The highest BCUT2D eigenvalue weighted by molar-refractivity contribution is 6.31. The van der Waals surface area contributed by atoms with Crippen LogP contribution in [0.2, 0.25) is 5.02 Å². The van der Waals surface area contributed by atoms with Crippen LogP contribution < -0.4 is 27.5 Å². The van der Waals surface area contributed by atoms with Crippen molar-refractivity contribution in [3.63, 3.8) is 0 Å². The van der Waals surface area contributed by atoms with Crippen molar-refractivity contribution in [2.45, 2.75) is 44.6 Å². The van der Waals surface area contributed by atoms with E-state index in [2.05, 4.69) is 38.2 Å². The van der Waals surface area contributed by atoms with Gasteiger partial charge >= 0.3 is 0 Å². The minimum atomic E-state index is -0.286. The number of rotatable bonds is 6. The van der Waals surface area contributed by atoms with Gasteiger partial charge in [-0.25, -0.2) is 15.8 Å². The third-order valence-electron chi connectivity index (χ3n) is 7.31. The number of ether oxygens (including phenoxy) is 1. The molecule has 0 spiro atoms. The molecule has 2 bridgehead atoms. The lowest BCUT2D eigenvalue weighted by atomic mass is 9.97. The van der Waals surface area contributed by atoms with Crippen LogP contribution in [0.4, 0.5) is 11.4 Å². The summed E-state index contributed by atoms with van der Waals surface area (Å²) in [5.74, 6) is 6.88. The van der Waals surface area contributed by atoms with E-state index in [4.69, 9.17) is 44.6 Å². The zero-order valence-corrected chi connectivity index (χ0v) is 26.1. The monoisotopic (exact) mass is 638 g/mol. The summed E-state index contributed by atoms with van der Waals surface area (Å²) in [6.45, 7) is 0.375. The summed E-state index contributed by atoms with van der Waals surface area (Å²) < 4.78 is 5.50. The molecule has 0 aliphatic carbocycles. The molecule has 0 saturated heterocycles. The molecule has 2 aromatic carbocycles. The SMILES string of the molecule is CNc1ccc2c(c1)CCCCCCC(n1cnc(-c3cc(Cl)ccc3N(N)/C=C(\N)Cl)cc1=O)c1ncc-2[nH]1.COC=O. The molecule has 1 aliphatic heterocycles. The molecular weight excluding hydrogens is 603 g/mol. The number of nitrogens with two attached hydrogens (primary N) is 2. The highest BCUT2D eigenvalue weighted by atomic mass is 35.5. The molecule has 0 fully saturated rings. The first-order valence-corrected chi connectivity index (χ1v) is 14.9. The Kier molecular flexibility index (Phi) is 11.4. The first kappa shape index (κ1) is 32.6. The van der Waals surface area contributed by atoms with Gasteiger partial charge in [-0.15, -0.1) is 0 Å². The lowest BCUT2D eigenvalue weighted by Gasteiger charge is -2.20. The molecular formula is C31H36Cl2N8O3. The van der Waals surface area contributed by atoms with E-state index < -0.39 is 0 Å². The van der Waals surface area contributed by atoms with Crippen LogP contribution in [0.1, 0.15) is 49.5 Å². The number of hydrogen-bond donors (Lipinski definition) is 4. The van der Waals surface area contributed by atoms with Gasteiger partial charge in [-0.3, -0.25) is 19.2 Å². The maximum atomic E-state index is 13.6. The Balaban J connectivity index is 0.00000104. The molecule has 1 unspecified atom stereocenters. The van der Waals surface area contributed by atoms with Crippen molar-refractivity contribution in [3.8, 4) is 22.5 Å². The summed E-state index contributed by atoms with van der Waals surface area (Å²) in [4.78, 5) is 35.4. The summed E-state index contributed by atoms with van der Waals surface area (Å²) in [7, 11) is 3.24. The van der Waals surface area contributed by atoms with E-state index in [0.29, 0.717) is 28.4 Å². The van der Waals surface area contributed by atoms with Gasteiger partial charge in [0.1, 0.15) is 11.0 Å². The van der Waals surface area contributed by atoms with Gasteiger partial charge in [-0.05, 0) is 55.2 Å². The largest absolute Gasteiger partial charge is 0.471 e. The number of nitrogens with zero attached hydrogens (tertiary/aromatic N) is 4. The standard InChI is InChI=1S/C29H32Cl2N8O.C2H4O2/c1-34-20-9-10-21-18(12-20)6-4-2-3-5-7-26(29-35-15-24(21)37-29)38-17-36-23(14-28(38)40)22-13-19(30)8-11-25(22)39(33)16-27(31)32;1-4-2-3/h8-17,26,34H,2-7,32-33H2,1H3,(H,35,37);2H,1H3/b27-16-;. The summed E-state index contributed by atoms with van der Waals surface area (Å²) in [5.41, 5.74) is 11.4. The van der Waals surface area contributed by atoms with Crippen LogP contribution in [0.5, 0.6) is 0 Å². The van der Waals surface area contributed by atoms with Crippen molar-refractivity contribution in [1.82, 2.24) is 19.5 Å². The molecule has 0 radical (unpaired) electrons. The molecule has 11 nitrogen and oxygen atoms in total. The molecule has 44 heavy (non-hydrogen) atoms. The van der Waals surface area contributed by atoms with Crippen molar-refractivity contribution >= 4 is 41.0 Å². The van der Waals surface area contributed by atoms with Gasteiger partial charge in [0.05, 0.1) is 49.0 Å². The number of aryl methyl sites for hydroxylation is 1. The Bertz CT molecular complexity index is 1670. The van der Waals surface area contributed by atoms with Gasteiger partial charge in [-0.2, -0.15) is 0 Å². The highest BCUT2D eigenvalue weighted by Crippen LogP contribution is 2.33. The predicted octanol–water partition coefficient (Wildman–Crippen LogP) is 5.56. The quantitative estimate of drug-likeness (QED) is 0.0918. The molecule has 13 heteroatoms. The van der Waals surface area contributed by atoms with E-state index in [9.17, 15) is 4.79 Å². The fourth-order valence-corrected chi connectivity index (χ4v) is 5.49. The topological polar surface area (TPSA) is 157 Å². The van der Waals surface area contributed by atoms with Gasteiger partial charge in [0, 0.05) is 35.0 Å². The first-order valence-electron chi connectivity index (χ1n) is 14.1. The van der Waals surface area contributed by atoms with Crippen molar-refractivity contribution in [1.29, 1.82) is 0 Å². The molecule has 232 valence electrons. The molecule has 1 atom stereocenters. The minimum Gasteiger partial charge on any atom is -0.471 e. The number of nitrogens with one attached hydrogen (secondary N) is 2. The average Bonchev–Trinajstić information content (AvgIpc) is 3.50. The van der Waals surface area contributed by atoms with Gasteiger partial charge in [0.25, 0.3) is 12.0 Å². The summed E-state index contributed by atoms with van der Waals surface area (Å²) >= 11 is 12.1. The number of imidazole rings is 1. The normalized spacial score (nSPS) is 15.0. The second kappa shape index (κ2) is 15.4. The molecule has 0 amide bonds. The van der Waals surface area contributed by atoms with E-state index >= 15 is 0 Å². The molecule has 2 aromatic heterocycles. The van der Waals surface area contributed by atoms with Crippen LogP contribution in [0.25, 0.3) is 22.5 Å². The summed E-state index contributed by atoms with van der Waals surface area (Å²) in [6.07, 6.45) is 10.8. The fraction of sp³-hybridized carbons (Fsp3) is 0.290. The van der Waals surface area contributed by atoms with Gasteiger partial charge in [0.2, 0.25) is 0 Å². The number of benzene rings is 2. The number of hydrogen-bond acceptors (Lipinski definition) is 9. The Labute approximate surface area is 265 Å². The Morgan fingerprint density at radius 3 is 2.61 bits per heavy atom. The first-order chi connectivity index (χ1) is 21.2. The number of methoxy groups -OCH3 is 1. The van der Waals surface area contributed by atoms with Crippen LogP contribution in [-0.4, -0.2) is 40.1 Å². The smallest absolute Gasteiger partial charge is 0.292 e. The number of anilines is 2. The minimum absolute atomic E-state index is 0.0113. The van der Waals surface area contributed by atoms with Gasteiger partial charge < -0.3 is 20.8 Å². The second-order valence-corrected chi connectivity index (χ2v) is 11.1. The molecule has 1 aliphatic rings. The van der Waals surface area contributed by atoms with E-state index in [1.54, 1.807) is 29.1 Å². The zero-order chi connectivity index (χ0) is 31.6. The Morgan fingerprint density at radius 1 is 1.14 bits per heavy atom. The number of aromatic amines is 1. The predicted molar refractivity (Wildman–Crippen MR) is 175 cm³/mol. The van der Waals surface area contributed by atoms with E-state index in [1.165, 1.54) is 29.9 Å². The molecule has 5 rings (SSSR count). The van der Waals surface area contributed by atoms with E-state index in [0.717, 1.165) is 61.3 Å². The lowest BCUT2D eigenvalue weighted by molar-refractivity contribution is -0.126. The number of H-pyrrole nitrogens is 1. The number of fused-ring (bicyclic) bond motifs is 4. The maximum Gasteiger partial charge on any atom is 0.292 e. The van der Waals surface area contributed by atoms with Crippen LogP contribution >= 0.6 is 23.2 Å². The van der Waals surface area contributed by atoms with Crippen LogP contribution in [0.3, 0.4) is 0 Å². The Morgan fingerprint density at radius 2 is 1.91 bits per heavy atom. The molecule has 0 saturated carbocycles. The number of aromatic nitrogens is 4. The van der Waals surface area contributed by atoms with Crippen molar-refractivity contribution in [2.75, 3.05) is 24.5 Å². The summed E-state index contributed by atoms with van der Waals surface area (Å²) in [5, 5.41) is 5.00. The number of hydrazine groups is 1. The second-order valence-electron chi connectivity index (χ2n) is 10.2. The highest BCUT2D eigenvalue weighted by Gasteiger charge is 2.22. The molecule has 6 N–H and O–H groups in total. The maximum absolute atomic E-state index is 13.6. The third kappa shape index (κ3) is 7.98. The van der Waals surface area contributed by atoms with Gasteiger partial charge in [-0.1, -0.05) is 48.5 Å². The zero-order valence-electron chi connectivity index (χ0n) is 24.6. The van der Waals surface area contributed by atoms with Crippen LogP contribution in [0, 0.1) is 0 Å².